The van der Waals surface area contributed by atoms with Crippen LogP contribution in [0.4, 0.5) is 17.6 Å². The second-order valence-electron chi connectivity index (χ2n) is 6.79. The smallest absolute Gasteiger partial charge is 0.258 e. The maximum atomic E-state index is 12.7. The molecule has 9 nitrogen and oxygen atoms in total. The molecular formula is C24H17N7O2. The zero-order valence-corrected chi connectivity index (χ0v) is 17.2. The van der Waals surface area contributed by atoms with E-state index in [4.69, 9.17) is 12.0 Å². The first kappa shape index (κ1) is 21.1. The number of carbonyl (C=O) groups is 2. The van der Waals surface area contributed by atoms with Crippen LogP contribution in [0.1, 0.15) is 26.3 Å². The number of rotatable bonds is 6. The molecule has 0 aliphatic rings. The van der Waals surface area contributed by atoms with Gasteiger partial charge < -0.3 is 0 Å². The molecular weight excluding hydrogens is 418 g/mol. The quantitative estimate of drug-likeness (QED) is 0.306. The van der Waals surface area contributed by atoms with Crippen LogP contribution in [0.25, 0.3) is 5.69 Å². The van der Waals surface area contributed by atoms with E-state index in [1.54, 1.807) is 60.7 Å². The largest absolute Gasteiger partial charge is 0.290 e. The Morgan fingerprint density at radius 1 is 0.879 bits per heavy atom. The minimum Gasteiger partial charge on any atom is -0.290 e. The topological polar surface area (TPSA) is 125 Å². The molecule has 33 heavy (non-hydrogen) atoms. The van der Waals surface area contributed by atoms with E-state index in [0.717, 1.165) is 0 Å². The van der Waals surface area contributed by atoms with Crippen molar-refractivity contribution in [2.45, 2.75) is 0 Å². The molecule has 1 heterocycles. The molecule has 9 heteroatoms. The van der Waals surface area contributed by atoms with Gasteiger partial charge in [-0.1, -0.05) is 24.1 Å². The molecule has 0 aliphatic heterocycles. The van der Waals surface area contributed by atoms with E-state index in [2.05, 4.69) is 31.8 Å². The van der Waals surface area contributed by atoms with Crippen LogP contribution in [-0.2, 0) is 0 Å². The maximum Gasteiger partial charge on any atom is 0.258 e. The Hall–Kier alpha value is -5.10. The third-order valence-corrected chi connectivity index (χ3v) is 4.63. The standard InChI is InChI=1S/C24H17N7O2/c1-2-16-8-10-17(11-9-16)21(32)26-23-28-24(31(30-23)20-6-4-3-5-7-20)27-22(33)18-12-14-19(29-25)15-13-18/h1,3-15,25H,(H2,26,27,28,30,32,33). The maximum absolute atomic E-state index is 12.7. The van der Waals surface area contributed by atoms with Crippen molar-refractivity contribution in [2.24, 2.45) is 5.11 Å². The van der Waals surface area contributed by atoms with Gasteiger partial charge in [0.1, 0.15) is 0 Å². The molecule has 0 radical (unpaired) electrons. The lowest BCUT2D eigenvalue weighted by Crippen LogP contribution is -2.15. The van der Waals surface area contributed by atoms with E-state index >= 15 is 0 Å². The van der Waals surface area contributed by atoms with E-state index in [0.29, 0.717) is 28.1 Å². The van der Waals surface area contributed by atoms with Gasteiger partial charge in [0.25, 0.3) is 17.8 Å². The first-order valence-electron chi connectivity index (χ1n) is 9.77. The van der Waals surface area contributed by atoms with E-state index in [1.165, 1.54) is 4.68 Å². The SMILES string of the molecule is C#Cc1ccc(C(=O)Nc2nc(NC(=O)c3ccc(N=N)cc3)n(-c3ccccc3)n2)cc1. The lowest BCUT2D eigenvalue weighted by molar-refractivity contribution is 0.101. The number of nitrogens with one attached hydrogen (secondary N) is 3. The van der Waals surface area contributed by atoms with Crippen molar-refractivity contribution in [3.8, 4) is 18.0 Å². The van der Waals surface area contributed by atoms with Gasteiger partial charge in [0, 0.05) is 16.7 Å². The molecule has 3 N–H and O–H groups in total. The summed E-state index contributed by atoms with van der Waals surface area (Å²) in [5.74, 6) is 1.78. The highest BCUT2D eigenvalue weighted by molar-refractivity contribution is 6.05. The number of nitrogens with zero attached hydrogens (tertiary/aromatic N) is 4. The predicted molar refractivity (Wildman–Crippen MR) is 123 cm³/mol. The molecule has 0 atom stereocenters. The van der Waals surface area contributed by atoms with E-state index in [9.17, 15) is 9.59 Å². The van der Waals surface area contributed by atoms with Gasteiger partial charge in [-0.15, -0.1) is 11.5 Å². The minimum absolute atomic E-state index is 0.0172. The Bertz CT molecular complexity index is 1350. The number of carbonyl (C=O) groups excluding carboxylic acids is 2. The van der Waals surface area contributed by atoms with Gasteiger partial charge in [-0.25, -0.2) is 5.53 Å². The summed E-state index contributed by atoms with van der Waals surface area (Å²) in [6.45, 7) is 0. The molecule has 1 aromatic heterocycles. The van der Waals surface area contributed by atoms with E-state index in [-0.39, 0.29) is 11.9 Å². The van der Waals surface area contributed by atoms with Crippen LogP contribution < -0.4 is 10.6 Å². The predicted octanol–water partition coefficient (Wildman–Crippen LogP) is 4.42. The molecule has 0 aliphatic carbocycles. The summed E-state index contributed by atoms with van der Waals surface area (Å²) in [7, 11) is 0. The Balaban J connectivity index is 1.61. The van der Waals surface area contributed by atoms with Gasteiger partial charge in [-0.05, 0) is 60.7 Å². The zero-order valence-electron chi connectivity index (χ0n) is 17.2. The molecule has 4 aromatic rings. The third-order valence-electron chi connectivity index (χ3n) is 4.63. The molecule has 0 spiro atoms. The highest BCUT2D eigenvalue weighted by Gasteiger charge is 2.17. The highest BCUT2D eigenvalue weighted by atomic mass is 16.2. The first-order chi connectivity index (χ1) is 16.1. The number of terminal acetylenes is 1. The fourth-order valence-corrected chi connectivity index (χ4v) is 2.95. The fourth-order valence-electron chi connectivity index (χ4n) is 2.95. The summed E-state index contributed by atoms with van der Waals surface area (Å²) < 4.78 is 1.42. The van der Waals surface area contributed by atoms with Crippen molar-refractivity contribution in [3.63, 3.8) is 0 Å². The van der Waals surface area contributed by atoms with Crippen molar-refractivity contribution in [3.05, 3.63) is 95.6 Å². The summed E-state index contributed by atoms with van der Waals surface area (Å²) in [6, 6.07) is 21.8. The molecule has 0 saturated heterocycles. The molecule has 2 amide bonds. The van der Waals surface area contributed by atoms with Gasteiger partial charge in [-0.3, -0.25) is 20.2 Å². The van der Waals surface area contributed by atoms with E-state index in [1.807, 2.05) is 18.2 Å². The van der Waals surface area contributed by atoms with Gasteiger partial charge in [0.2, 0.25) is 5.95 Å². The third kappa shape index (κ3) is 4.81. The first-order valence-corrected chi connectivity index (χ1v) is 9.77. The summed E-state index contributed by atoms with van der Waals surface area (Å²) in [6.07, 6.45) is 5.35. The van der Waals surface area contributed by atoms with Crippen LogP contribution in [-0.4, -0.2) is 26.6 Å². The molecule has 3 aromatic carbocycles. The number of hydrogen-bond donors (Lipinski definition) is 3. The number of aromatic nitrogens is 3. The number of hydrogen-bond acceptors (Lipinski definition) is 6. The zero-order chi connectivity index (χ0) is 23.2. The van der Waals surface area contributed by atoms with Gasteiger partial charge in [-0.2, -0.15) is 14.8 Å². The van der Waals surface area contributed by atoms with Crippen molar-refractivity contribution < 1.29 is 9.59 Å². The molecule has 0 bridgehead atoms. The van der Waals surface area contributed by atoms with Crippen LogP contribution in [0.15, 0.2) is 84.0 Å². The Morgan fingerprint density at radius 3 is 2.09 bits per heavy atom. The van der Waals surface area contributed by atoms with Crippen LogP contribution in [0, 0.1) is 17.9 Å². The average molecular weight is 435 g/mol. The normalized spacial score (nSPS) is 10.2. The van der Waals surface area contributed by atoms with Gasteiger partial charge in [0.05, 0.1) is 11.4 Å². The number of benzene rings is 3. The second-order valence-corrected chi connectivity index (χ2v) is 6.79. The van der Waals surface area contributed by atoms with Crippen molar-refractivity contribution >= 4 is 29.4 Å². The minimum atomic E-state index is -0.432. The monoisotopic (exact) mass is 435 g/mol. The van der Waals surface area contributed by atoms with Crippen molar-refractivity contribution in [1.82, 2.24) is 14.8 Å². The molecule has 0 unspecified atom stereocenters. The highest BCUT2D eigenvalue weighted by Crippen LogP contribution is 2.19. The lowest BCUT2D eigenvalue weighted by Gasteiger charge is -2.07. The van der Waals surface area contributed by atoms with Crippen LogP contribution in [0.5, 0.6) is 0 Å². The Morgan fingerprint density at radius 2 is 1.48 bits per heavy atom. The van der Waals surface area contributed by atoms with Gasteiger partial charge >= 0.3 is 0 Å². The number of anilines is 2. The molecule has 160 valence electrons. The summed E-state index contributed by atoms with van der Waals surface area (Å²) >= 11 is 0. The van der Waals surface area contributed by atoms with Gasteiger partial charge in [0.15, 0.2) is 0 Å². The van der Waals surface area contributed by atoms with Crippen molar-refractivity contribution in [1.29, 1.82) is 5.53 Å². The van der Waals surface area contributed by atoms with Crippen LogP contribution >= 0.6 is 0 Å². The van der Waals surface area contributed by atoms with Crippen molar-refractivity contribution in [2.75, 3.05) is 10.6 Å². The van der Waals surface area contributed by atoms with E-state index < -0.39 is 11.8 Å². The van der Waals surface area contributed by atoms with Crippen LogP contribution in [0.3, 0.4) is 0 Å². The second kappa shape index (κ2) is 9.36. The molecule has 0 saturated carbocycles. The Kier molecular flexibility index (Phi) is 6.00. The lowest BCUT2D eigenvalue weighted by atomic mass is 10.1. The average Bonchev–Trinajstić information content (AvgIpc) is 3.26. The number of para-hydroxylation sites is 1. The summed E-state index contributed by atoms with van der Waals surface area (Å²) in [4.78, 5) is 29.6. The Labute approximate surface area is 189 Å². The number of amides is 2. The van der Waals surface area contributed by atoms with Crippen LogP contribution in [0.2, 0.25) is 0 Å². The molecule has 4 rings (SSSR count). The molecule has 0 fully saturated rings. The summed E-state index contributed by atoms with van der Waals surface area (Å²) in [5, 5.41) is 13.0. The summed E-state index contributed by atoms with van der Waals surface area (Å²) in [5.41, 5.74) is 9.49. The fraction of sp³-hybridized carbons (Fsp3) is 0.